The molecule has 0 radical (unpaired) electrons. The van der Waals surface area contributed by atoms with Crippen LogP contribution in [0, 0.1) is 0 Å². The minimum atomic E-state index is -0.808. The van der Waals surface area contributed by atoms with Gasteiger partial charge in [-0.05, 0) is 122 Å². The molecule has 6 heteroatoms. The Bertz CT molecular complexity index is 1350. The zero-order valence-electron chi connectivity index (χ0n) is 43.6. The minimum Gasteiger partial charge on any atom is -0.462 e. The van der Waals surface area contributed by atoms with Gasteiger partial charge in [-0.25, -0.2) is 0 Å². The zero-order valence-corrected chi connectivity index (χ0v) is 43.6. The maximum atomic E-state index is 12.8. The van der Waals surface area contributed by atoms with Gasteiger partial charge >= 0.3 is 17.9 Å². The number of hydrogen-bond acceptors (Lipinski definition) is 6. The first kappa shape index (κ1) is 63.3. The summed E-state index contributed by atoms with van der Waals surface area (Å²) in [6, 6.07) is 0. The molecule has 0 saturated heterocycles. The highest BCUT2D eigenvalue weighted by molar-refractivity contribution is 5.71. The Kier molecular flexibility index (Phi) is 51.9. The lowest BCUT2D eigenvalue weighted by atomic mass is 10.1. The molecule has 0 N–H and O–H groups in total. The molecule has 0 rings (SSSR count). The lowest BCUT2D eigenvalue weighted by Gasteiger charge is -2.18. The molecule has 0 aromatic rings. The second kappa shape index (κ2) is 54.9. The summed E-state index contributed by atoms with van der Waals surface area (Å²) < 4.78 is 16.8. The molecule has 0 amide bonds. The largest absolute Gasteiger partial charge is 0.462 e. The van der Waals surface area contributed by atoms with Crippen LogP contribution >= 0.6 is 0 Å². The molecular weight excluding hydrogens is 829 g/mol. The van der Waals surface area contributed by atoms with Crippen LogP contribution in [0.1, 0.15) is 252 Å². The highest BCUT2D eigenvalue weighted by Gasteiger charge is 2.19. The molecule has 0 spiro atoms. The Morgan fingerprint density at radius 1 is 0.313 bits per heavy atom. The lowest BCUT2D eigenvalue weighted by Crippen LogP contribution is -2.30. The van der Waals surface area contributed by atoms with Gasteiger partial charge in [-0.15, -0.1) is 0 Å². The maximum Gasteiger partial charge on any atom is 0.306 e. The maximum absolute atomic E-state index is 12.8. The Balaban J connectivity index is 4.46. The number of rotatable bonds is 49. The molecule has 0 fully saturated rings. The summed E-state index contributed by atoms with van der Waals surface area (Å²) in [5, 5.41) is 0. The van der Waals surface area contributed by atoms with Crippen LogP contribution in [-0.4, -0.2) is 37.2 Å². The molecule has 0 bridgehead atoms. The predicted octanol–water partition coefficient (Wildman–Crippen LogP) is 18.5. The van der Waals surface area contributed by atoms with Gasteiger partial charge in [0.1, 0.15) is 13.2 Å². The summed E-state index contributed by atoms with van der Waals surface area (Å²) in [6.07, 6.45) is 72.5. The summed E-state index contributed by atoms with van der Waals surface area (Å²) in [5.41, 5.74) is 0. The van der Waals surface area contributed by atoms with E-state index in [1.807, 2.05) is 0 Å². The van der Waals surface area contributed by atoms with Gasteiger partial charge in [0.15, 0.2) is 6.10 Å². The average molecular weight is 931 g/mol. The van der Waals surface area contributed by atoms with Crippen LogP contribution in [0.25, 0.3) is 0 Å². The van der Waals surface area contributed by atoms with Crippen LogP contribution in [0.4, 0.5) is 0 Å². The van der Waals surface area contributed by atoms with Crippen molar-refractivity contribution in [3.8, 4) is 0 Å². The van der Waals surface area contributed by atoms with Gasteiger partial charge in [0.2, 0.25) is 0 Å². The highest BCUT2D eigenvalue weighted by atomic mass is 16.6. The third-order valence-electron chi connectivity index (χ3n) is 11.5. The van der Waals surface area contributed by atoms with Crippen LogP contribution in [0.2, 0.25) is 0 Å². The second-order valence-electron chi connectivity index (χ2n) is 18.1. The van der Waals surface area contributed by atoms with Crippen molar-refractivity contribution in [3.05, 3.63) is 97.2 Å². The topological polar surface area (TPSA) is 78.9 Å². The summed E-state index contributed by atoms with van der Waals surface area (Å²) >= 11 is 0. The second-order valence-corrected chi connectivity index (χ2v) is 18.1. The zero-order chi connectivity index (χ0) is 48.6. The van der Waals surface area contributed by atoms with Gasteiger partial charge in [0.05, 0.1) is 0 Å². The average Bonchev–Trinajstić information content (AvgIpc) is 3.33. The smallest absolute Gasteiger partial charge is 0.306 e. The monoisotopic (exact) mass is 931 g/mol. The highest BCUT2D eigenvalue weighted by Crippen LogP contribution is 2.14. The third kappa shape index (κ3) is 53.2. The summed E-state index contributed by atoms with van der Waals surface area (Å²) in [7, 11) is 0. The van der Waals surface area contributed by atoms with Crippen molar-refractivity contribution in [3.63, 3.8) is 0 Å². The molecule has 0 aliphatic carbocycles. The van der Waals surface area contributed by atoms with Gasteiger partial charge in [-0.2, -0.15) is 0 Å². The van der Waals surface area contributed by atoms with Crippen molar-refractivity contribution in [1.82, 2.24) is 0 Å². The number of ether oxygens (including phenoxy) is 3. The van der Waals surface area contributed by atoms with Gasteiger partial charge < -0.3 is 14.2 Å². The van der Waals surface area contributed by atoms with Crippen molar-refractivity contribution < 1.29 is 28.6 Å². The molecule has 0 unspecified atom stereocenters. The standard InChI is InChI=1S/C61H102O6/c1-4-7-10-13-16-19-22-25-28-29-30-31-34-36-39-42-45-48-51-54-60(63)66-57-58(67-61(64)55-52-49-46-43-40-37-33-27-24-21-18-15-12-9-6-3)56-65-59(62)53-50-47-44-41-38-35-32-26-23-20-17-14-11-8-5-2/h9,12,16-21,25-28,32-33,40,43,58H,4-8,10-11,13-15,22-24,29-31,34-39,41-42,44-57H2,1-3H3/b12-9-,19-16-,20-17-,21-18-,28-25-,32-26-,33-27-,43-40-/t58-/m1/s1. The first-order valence-corrected chi connectivity index (χ1v) is 27.7. The Morgan fingerprint density at radius 2 is 0.582 bits per heavy atom. The number of unbranched alkanes of at least 4 members (excludes halogenated alkanes) is 22. The molecule has 0 aromatic heterocycles. The first-order valence-electron chi connectivity index (χ1n) is 27.7. The van der Waals surface area contributed by atoms with E-state index in [1.54, 1.807) is 0 Å². The number of carbonyl (C=O) groups is 3. The molecule has 0 saturated carbocycles. The van der Waals surface area contributed by atoms with E-state index in [2.05, 4.69) is 118 Å². The summed E-state index contributed by atoms with van der Waals surface area (Å²) in [5.74, 6) is -0.961. The Labute approximate surface area is 413 Å². The normalized spacial score (nSPS) is 12.8. The molecule has 0 heterocycles. The van der Waals surface area contributed by atoms with Gasteiger partial charge in [0.25, 0.3) is 0 Å². The van der Waals surface area contributed by atoms with Crippen LogP contribution in [0.5, 0.6) is 0 Å². The fraction of sp³-hybridized carbons (Fsp3) is 0.689. The molecule has 0 aliphatic rings. The van der Waals surface area contributed by atoms with E-state index in [-0.39, 0.29) is 37.5 Å². The van der Waals surface area contributed by atoms with E-state index in [0.29, 0.717) is 19.3 Å². The molecule has 6 nitrogen and oxygen atoms in total. The van der Waals surface area contributed by atoms with Crippen LogP contribution in [0.15, 0.2) is 97.2 Å². The lowest BCUT2D eigenvalue weighted by molar-refractivity contribution is -0.167. The molecule has 0 aromatic carbocycles. The molecular formula is C61H102O6. The van der Waals surface area contributed by atoms with Crippen LogP contribution in [-0.2, 0) is 28.6 Å². The molecule has 382 valence electrons. The number of allylic oxidation sites excluding steroid dienone is 16. The number of esters is 3. The quantitative estimate of drug-likeness (QED) is 0.0262. The van der Waals surface area contributed by atoms with Crippen LogP contribution in [0.3, 0.4) is 0 Å². The summed E-state index contributed by atoms with van der Waals surface area (Å²) in [4.78, 5) is 38.1. The van der Waals surface area contributed by atoms with E-state index in [1.165, 1.54) is 96.3 Å². The van der Waals surface area contributed by atoms with Gasteiger partial charge in [-0.1, -0.05) is 208 Å². The molecule has 67 heavy (non-hydrogen) atoms. The molecule has 1 atom stereocenters. The Morgan fingerprint density at radius 3 is 0.940 bits per heavy atom. The van der Waals surface area contributed by atoms with E-state index in [0.717, 1.165) is 109 Å². The third-order valence-corrected chi connectivity index (χ3v) is 11.5. The van der Waals surface area contributed by atoms with E-state index < -0.39 is 6.10 Å². The Hall–Kier alpha value is -3.67. The van der Waals surface area contributed by atoms with Crippen molar-refractivity contribution in [2.24, 2.45) is 0 Å². The van der Waals surface area contributed by atoms with Crippen molar-refractivity contribution >= 4 is 17.9 Å². The fourth-order valence-electron chi connectivity index (χ4n) is 7.37. The fourth-order valence-corrected chi connectivity index (χ4v) is 7.37. The van der Waals surface area contributed by atoms with Crippen molar-refractivity contribution in [1.29, 1.82) is 0 Å². The van der Waals surface area contributed by atoms with E-state index in [4.69, 9.17) is 14.2 Å². The van der Waals surface area contributed by atoms with E-state index in [9.17, 15) is 14.4 Å². The van der Waals surface area contributed by atoms with Crippen molar-refractivity contribution in [2.75, 3.05) is 13.2 Å². The van der Waals surface area contributed by atoms with E-state index >= 15 is 0 Å². The summed E-state index contributed by atoms with van der Waals surface area (Å²) in [6.45, 7) is 6.42. The number of hydrogen-bond donors (Lipinski definition) is 0. The van der Waals surface area contributed by atoms with Crippen molar-refractivity contribution in [2.45, 2.75) is 258 Å². The minimum absolute atomic E-state index is 0.102. The molecule has 0 aliphatic heterocycles. The van der Waals surface area contributed by atoms with Gasteiger partial charge in [0, 0.05) is 19.3 Å². The SMILES string of the molecule is CC/C=C\C/C=C\C/C=C\C/C=C\CCCCC(=O)O[C@H](COC(=O)CCCCCCC/C=C\C/C=C\CCCCC)COC(=O)CCCCCCCCCCC/C=C\C/C=C\CCCCC. The first-order chi connectivity index (χ1) is 33.0. The predicted molar refractivity (Wildman–Crippen MR) is 288 cm³/mol. The number of carbonyl (C=O) groups excluding carboxylic acids is 3. The van der Waals surface area contributed by atoms with Gasteiger partial charge in [-0.3, -0.25) is 14.4 Å². The van der Waals surface area contributed by atoms with Crippen LogP contribution < -0.4 is 0 Å².